The molecule has 0 radical (unpaired) electrons. The predicted octanol–water partition coefficient (Wildman–Crippen LogP) is 1.03. The number of anilines is 1. The Morgan fingerprint density at radius 2 is 2.05 bits per heavy atom. The number of hydrogen-bond acceptors (Lipinski definition) is 4. The molecular weight excluding hydrogens is 264 g/mol. The van der Waals surface area contributed by atoms with E-state index in [1.165, 1.54) is 6.07 Å². The highest BCUT2D eigenvalue weighted by Gasteiger charge is 2.36. The van der Waals surface area contributed by atoms with Gasteiger partial charge in [0, 0.05) is 12.8 Å². The minimum atomic E-state index is -3.35. The molecule has 1 aromatic rings. The van der Waals surface area contributed by atoms with Crippen molar-refractivity contribution in [1.29, 1.82) is 0 Å². The Hall–Kier alpha value is -1.40. The summed E-state index contributed by atoms with van der Waals surface area (Å²) in [4.78, 5) is 12.4. The van der Waals surface area contributed by atoms with E-state index >= 15 is 0 Å². The third-order valence-corrected chi connectivity index (χ3v) is 4.61. The van der Waals surface area contributed by atoms with Crippen molar-refractivity contribution in [2.45, 2.75) is 18.2 Å². The first kappa shape index (κ1) is 14.0. The van der Waals surface area contributed by atoms with Crippen LogP contribution in [0.25, 0.3) is 0 Å². The molecule has 1 aliphatic heterocycles. The first-order valence-electron chi connectivity index (χ1n) is 6.14. The van der Waals surface area contributed by atoms with Gasteiger partial charge in [-0.05, 0) is 32.0 Å². The van der Waals surface area contributed by atoms with Gasteiger partial charge in [-0.15, -0.1) is 0 Å². The van der Waals surface area contributed by atoms with Crippen molar-refractivity contribution in [2.75, 3.05) is 24.7 Å². The van der Waals surface area contributed by atoms with Gasteiger partial charge in [-0.1, -0.05) is 12.1 Å². The lowest BCUT2D eigenvalue weighted by Gasteiger charge is -2.22. The Kier molecular flexibility index (Phi) is 3.64. The molecule has 1 fully saturated rings. The van der Waals surface area contributed by atoms with Crippen molar-refractivity contribution >= 4 is 21.4 Å². The zero-order valence-corrected chi connectivity index (χ0v) is 11.9. The molecule has 104 valence electrons. The number of rotatable bonds is 3. The number of para-hydroxylation sites is 1. The fraction of sp³-hybridized carbons (Fsp3) is 0.462. The topological polar surface area (TPSA) is 75.3 Å². The number of nitrogens with one attached hydrogen (secondary N) is 2. The van der Waals surface area contributed by atoms with Gasteiger partial charge in [0.05, 0.1) is 16.0 Å². The number of benzene rings is 1. The second-order valence-electron chi connectivity index (χ2n) is 5.21. The van der Waals surface area contributed by atoms with Crippen LogP contribution in [-0.4, -0.2) is 33.7 Å². The van der Waals surface area contributed by atoms with Crippen LogP contribution in [0.15, 0.2) is 29.2 Å². The zero-order valence-electron chi connectivity index (χ0n) is 11.1. The first-order chi connectivity index (χ1) is 8.83. The van der Waals surface area contributed by atoms with E-state index < -0.39 is 15.3 Å². The van der Waals surface area contributed by atoms with Crippen molar-refractivity contribution in [1.82, 2.24) is 5.32 Å². The van der Waals surface area contributed by atoms with E-state index in [0.29, 0.717) is 12.2 Å². The molecule has 1 heterocycles. The summed E-state index contributed by atoms with van der Waals surface area (Å²) < 4.78 is 23.3. The molecule has 2 N–H and O–H groups in total. The summed E-state index contributed by atoms with van der Waals surface area (Å²) in [5, 5.41) is 5.89. The summed E-state index contributed by atoms with van der Waals surface area (Å²) >= 11 is 0. The van der Waals surface area contributed by atoms with E-state index in [0.717, 1.165) is 19.2 Å². The lowest BCUT2D eigenvalue weighted by Crippen LogP contribution is -2.35. The molecule has 6 heteroatoms. The molecule has 5 nitrogen and oxygen atoms in total. The van der Waals surface area contributed by atoms with Gasteiger partial charge in [0.25, 0.3) is 0 Å². The highest BCUT2D eigenvalue weighted by molar-refractivity contribution is 7.90. The van der Waals surface area contributed by atoms with Gasteiger partial charge in [-0.2, -0.15) is 0 Å². The molecule has 19 heavy (non-hydrogen) atoms. The van der Waals surface area contributed by atoms with E-state index in [9.17, 15) is 13.2 Å². The molecule has 0 saturated carbocycles. The quantitative estimate of drug-likeness (QED) is 0.868. The van der Waals surface area contributed by atoms with Crippen LogP contribution in [0.5, 0.6) is 0 Å². The second-order valence-corrected chi connectivity index (χ2v) is 7.19. The normalized spacial score (nSPS) is 23.3. The molecule has 1 atom stereocenters. The van der Waals surface area contributed by atoms with Gasteiger partial charge < -0.3 is 10.6 Å². The summed E-state index contributed by atoms with van der Waals surface area (Å²) in [6.07, 6.45) is 1.89. The third-order valence-electron chi connectivity index (χ3n) is 3.45. The fourth-order valence-corrected chi connectivity index (χ4v) is 3.02. The van der Waals surface area contributed by atoms with Crippen molar-refractivity contribution in [2.24, 2.45) is 5.41 Å². The molecule has 1 amide bonds. The summed E-state index contributed by atoms with van der Waals surface area (Å²) in [6.45, 7) is 3.29. The van der Waals surface area contributed by atoms with Crippen LogP contribution in [0.4, 0.5) is 5.69 Å². The first-order valence-corrected chi connectivity index (χ1v) is 8.03. The Balaban J connectivity index is 2.27. The monoisotopic (exact) mass is 282 g/mol. The van der Waals surface area contributed by atoms with Crippen molar-refractivity contribution < 1.29 is 13.2 Å². The highest BCUT2D eigenvalue weighted by Crippen LogP contribution is 2.28. The minimum Gasteiger partial charge on any atom is -0.324 e. The maximum Gasteiger partial charge on any atom is 0.231 e. The van der Waals surface area contributed by atoms with Crippen LogP contribution in [0.2, 0.25) is 0 Å². The summed E-state index contributed by atoms with van der Waals surface area (Å²) in [5.74, 6) is -0.145. The van der Waals surface area contributed by atoms with Crippen molar-refractivity contribution in [3.63, 3.8) is 0 Å². The van der Waals surface area contributed by atoms with Crippen LogP contribution >= 0.6 is 0 Å². The molecule has 0 spiro atoms. The van der Waals surface area contributed by atoms with Gasteiger partial charge in [-0.3, -0.25) is 4.79 Å². The van der Waals surface area contributed by atoms with Gasteiger partial charge in [0.1, 0.15) is 0 Å². The summed E-state index contributed by atoms with van der Waals surface area (Å²) in [7, 11) is -3.35. The van der Waals surface area contributed by atoms with Crippen molar-refractivity contribution in [3.8, 4) is 0 Å². The number of carbonyl (C=O) groups excluding carboxylic acids is 1. The number of sulfone groups is 1. The molecule has 2 rings (SSSR count). The van der Waals surface area contributed by atoms with Crippen LogP contribution in [-0.2, 0) is 14.6 Å². The lowest BCUT2D eigenvalue weighted by molar-refractivity contribution is -0.123. The maximum absolute atomic E-state index is 12.3. The lowest BCUT2D eigenvalue weighted by atomic mass is 9.89. The standard InChI is InChI=1S/C13H18N2O3S/c1-13(7-8-14-9-13)12(16)15-10-5-3-4-6-11(10)19(2,17)18/h3-6,14H,7-9H2,1-2H3,(H,15,16). The Morgan fingerprint density at radius 3 is 2.63 bits per heavy atom. The van der Waals surface area contributed by atoms with E-state index in [4.69, 9.17) is 0 Å². The van der Waals surface area contributed by atoms with Gasteiger partial charge in [0.2, 0.25) is 5.91 Å². The largest absolute Gasteiger partial charge is 0.324 e. The fourth-order valence-electron chi connectivity index (χ4n) is 2.18. The highest BCUT2D eigenvalue weighted by atomic mass is 32.2. The molecule has 1 aromatic carbocycles. The smallest absolute Gasteiger partial charge is 0.231 e. The third kappa shape index (κ3) is 2.96. The van der Waals surface area contributed by atoms with Crippen molar-refractivity contribution in [3.05, 3.63) is 24.3 Å². The Labute approximate surface area is 113 Å². The average molecular weight is 282 g/mol. The predicted molar refractivity (Wildman–Crippen MR) is 73.8 cm³/mol. The van der Waals surface area contributed by atoms with Crippen LogP contribution in [0.3, 0.4) is 0 Å². The SMILES string of the molecule is CC1(C(=O)Nc2ccccc2S(C)(=O)=O)CCNC1. The summed E-state index contributed by atoms with van der Waals surface area (Å²) in [6, 6.07) is 6.46. The molecule has 1 saturated heterocycles. The van der Waals surface area contributed by atoms with Crippen LogP contribution in [0.1, 0.15) is 13.3 Å². The van der Waals surface area contributed by atoms with Crippen LogP contribution in [0, 0.1) is 5.41 Å². The van der Waals surface area contributed by atoms with Gasteiger partial charge in [-0.25, -0.2) is 8.42 Å². The maximum atomic E-state index is 12.3. The van der Waals surface area contributed by atoms with E-state index in [-0.39, 0.29) is 10.8 Å². The second kappa shape index (κ2) is 4.94. The molecular formula is C13H18N2O3S. The number of hydrogen-bond donors (Lipinski definition) is 2. The molecule has 1 unspecified atom stereocenters. The molecule has 0 aliphatic carbocycles. The Bertz CT molecular complexity index is 590. The van der Waals surface area contributed by atoms with Gasteiger partial charge in [0.15, 0.2) is 9.84 Å². The molecule has 1 aliphatic rings. The zero-order chi connectivity index (χ0) is 14.1. The number of carbonyl (C=O) groups is 1. The average Bonchev–Trinajstić information content (AvgIpc) is 2.77. The van der Waals surface area contributed by atoms with E-state index in [2.05, 4.69) is 10.6 Å². The Morgan fingerprint density at radius 1 is 1.37 bits per heavy atom. The van der Waals surface area contributed by atoms with E-state index in [1.54, 1.807) is 18.2 Å². The minimum absolute atomic E-state index is 0.145. The molecule has 0 aromatic heterocycles. The summed E-state index contributed by atoms with van der Waals surface area (Å²) in [5.41, 5.74) is -0.131. The van der Waals surface area contributed by atoms with Crippen LogP contribution < -0.4 is 10.6 Å². The van der Waals surface area contributed by atoms with E-state index in [1.807, 2.05) is 6.92 Å². The molecule has 0 bridgehead atoms. The number of amides is 1. The van der Waals surface area contributed by atoms with Gasteiger partial charge >= 0.3 is 0 Å².